The number of rotatable bonds is 8. The Morgan fingerprint density at radius 2 is 1.29 bits per heavy atom. The van der Waals surface area contributed by atoms with Crippen molar-refractivity contribution in [3.8, 4) is 0 Å². The van der Waals surface area contributed by atoms with Gasteiger partial charge in [0.1, 0.15) is 0 Å². The van der Waals surface area contributed by atoms with E-state index in [1.54, 1.807) is 0 Å². The highest BCUT2D eigenvalue weighted by molar-refractivity contribution is 7.32. The first-order valence-electron chi connectivity index (χ1n) is 4.58. The maximum Gasteiger partial charge on any atom is 0.427 e. The highest BCUT2D eigenvalue weighted by Crippen LogP contribution is 2.24. The lowest BCUT2D eigenvalue weighted by molar-refractivity contribution is -0.265. The van der Waals surface area contributed by atoms with Crippen LogP contribution in [0.5, 0.6) is 0 Å². The Bertz CT molecular complexity index is 144. The summed E-state index contributed by atoms with van der Waals surface area (Å²) in [4.78, 5) is 9.25. The summed E-state index contributed by atoms with van der Waals surface area (Å²) in [5.74, 6) is 0.630. The van der Waals surface area contributed by atoms with E-state index < -0.39 is 8.25 Å². The van der Waals surface area contributed by atoms with E-state index in [-0.39, 0.29) is 0 Å². The van der Waals surface area contributed by atoms with E-state index in [0.29, 0.717) is 25.0 Å². The molecule has 0 rings (SSSR count). The van der Waals surface area contributed by atoms with E-state index in [1.807, 2.05) is 27.7 Å². The smallest absolute Gasteiger partial charge is 0.223 e. The molecule has 0 fully saturated rings. The SMILES string of the molecule is CC(C)COO[P](=O)OOCC(C)C. The molecule has 0 N–H and O–H groups in total. The Morgan fingerprint density at radius 1 is 0.929 bits per heavy atom. The molecule has 6 heteroatoms. The minimum Gasteiger partial charge on any atom is -0.223 e. The van der Waals surface area contributed by atoms with Gasteiger partial charge in [0.2, 0.25) is 0 Å². The molecule has 0 aliphatic heterocycles. The predicted octanol–water partition coefficient (Wildman–Crippen LogP) is 2.85. The largest absolute Gasteiger partial charge is 0.427 e. The number of hydrogen-bond donors (Lipinski definition) is 0. The summed E-state index contributed by atoms with van der Waals surface area (Å²) in [6.07, 6.45) is 0. The third-order valence-corrected chi connectivity index (χ3v) is 1.48. The van der Waals surface area contributed by atoms with Gasteiger partial charge in [-0.15, -0.1) is 9.35 Å². The lowest BCUT2D eigenvalue weighted by Crippen LogP contribution is -2.02. The predicted molar refractivity (Wildman–Crippen MR) is 51.4 cm³/mol. The van der Waals surface area contributed by atoms with Crippen LogP contribution in [-0.4, -0.2) is 13.2 Å². The Kier molecular flexibility index (Phi) is 8.23. The van der Waals surface area contributed by atoms with Crippen molar-refractivity contribution >= 4 is 8.25 Å². The highest BCUT2D eigenvalue weighted by atomic mass is 31.1. The first-order chi connectivity index (χ1) is 6.52. The minimum atomic E-state index is -2.34. The van der Waals surface area contributed by atoms with Crippen molar-refractivity contribution in [3.63, 3.8) is 0 Å². The average molecular weight is 225 g/mol. The fourth-order valence-corrected chi connectivity index (χ4v) is 0.750. The Morgan fingerprint density at radius 3 is 1.57 bits per heavy atom. The molecule has 0 aliphatic carbocycles. The van der Waals surface area contributed by atoms with Crippen LogP contribution in [-0.2, 0) is 23.7 Å². The van der Waals surface area contributed by atoms with Crippen LogP contribution in [0.2, 0.25) is 0 Å². The topological polar surface area (TPSA) is 54.0 Å². The summed E-state index contributed by atoms with van der Waals surface area (Å²) >= 11 is 0. The Labute approximate surface area is 85.5 Å². The summed E-state index contributed by atoms with van der Waals surface area (Å²) in [6.45, 7) is 8.54. The molecule has 5 nitrogen and oxygen atoms in total. The third kappa shape index (κ3) is 10.0. The molecule has 0 saturated heterocycles. The summed E-state index contributed by atoms with van der Waals surface area (Å²) in [5.41, 5.74) is 0. The van der Waals surface area contributed by atoms with Crippen LogP contribution in [0.1, 0.15) is 27.7 Å². The van der Waals surface area contributed by atoms with Gasteiger partial charge in [-0.2, -0.15) is 0 Å². The molecule has 0 bridgehead atoms. The molecule has 0 amide bonds. The van der Waals surface area contributed by atoms with Gasteiger partial charge in [-0.1, -0.05) is 27.7 Å². The van der Waals surface area contributed by atoms with Crippen molar-refractivity contribution in [1.29, 1.82) is 0 Å². The molecule has 0 aliphatic rings. The van der Waals surface area contributed by atoms with E-state index in [9.17, 15) is 4.57 Å². The molecule has 14 heavy (non-hydrogen) atoms. The van der Waals surface area contributed by atoms with Crippen LogP contribution < -0.4 is 0 Å². The summed E-state index contributed by atoms with van der Waals surface area (Å²) in [5, 5.41) is 0. The first kappa shape index (κ1) is 13.9. The fourth-order valence-electron chi connectivity index (χ4n) is 0.432. The van der Waals surface area contributed by atoms with Crippen LogP contribution in [0, 0.1) is 11.8 Å². The van der Waals surface area contributed by atoms with Crippen LogP contribution >= 0.6 is 8.25 Å². The fraction of sp³-hybridized carbons (Fsp3) is 1.00. The Balaban J connectivity index is 3.28. The van der Waals surface area contributed by atoms with Gasteiger partial charge in [-0.05, 0) is 11.8 Å². The van der Waals surface area contributed by atoms with E-state index in [4.69, 9.17) is 0 Å². The lowest BCUT2D eigenvalue weighted by Gasteiger charge is -2.05. The molecular weight excluding hydrogens is 207 g/mol. The molecule has 0 heterocycles. The molecule has 85 valence electrons. The zero-order chi connectivity index (χ0) is 11.0. The minimum absolute atomic E-state index is 0.315. The van der Waals surface area contributed by atoms with E-state index >= 15 is 0 Å². The van der Waals surface area contributed by atoms with Crippen LogP contribution in [0.15, 0.2) is 0 Å². The standard InChI is InChI=1S/C8H18O5P/c1-7(2)5-10-12-14(9)13-11-6-8(3)4/h7-8H,5-6H2,1-4H3. The van der Waals surface area contributed by atoms with Gasteiger partial charge in [-0.25, -0.2) is 14.3 Å². The zero-order valence-corrected chi connectivity index (χ0v) is 9.95. The van der Waals surface area contributed by atoms with Crippen molar-refractivity contribution in [2.45, 2.75) is 27.7 Å². The monoisotopic (exact) mass is 225 g/mol. The normalized spacial score (nSPS) is 11.3. The molecule has 0 atom stereocenters. The molecule has 0 unspecified atom stereocenters. The summed E-state index contributed by atoms with van der Waals surface area (Å²) in [6, 6.07) is 0. The van der Waals surface area contributed by atoms with E-state index in [1.165, 1.54) is 0 Å². The highest BCUT2D eigenvalue weighted by Gasteiger charge is 2.06. The van der Waals surface area contributed by atoms with Gasteiger partial charge in [0, 0.05) is 0 Å². The first-order valence-corrected chi connectivity index (χ1v) is 5.68. The van der Waals surface area contributed by atoms with E-state index in [2.05, 4.69) is 19.1 Å². The van der Waals surface area contributed by atoms with Gasteiger partial charge in [-0.3, -0.25) is 0 Å². The van der Waals surface area contributed by atoms with Crippen LogP contribution in [0.3, 0.4) is 0 Å². The maximum atomic E-state index is 10.9. The van der Waals surface area contributed by atoms with E-state index in [0.717, 1.165) is 0 Å². The van der Waals surface area contributed by atoms with Crippen molar-refractivity contribution in [2.24, 2.45) is 11.8 Å². The van der Waals surface area contributed by atoms with Crippen LogP contribution in [0.25, 0.3) is 0 Å². The lowest BCUT2D eigenvalue weighted by atomic mass is 10.2. The third-order valence-electron chi connectivity index (χ3n) is 1.03. The van der Waals surface area contributed by atoms with Gasteiger partial charge < -0.3 is 0 Å². The van der Waals surface area contributed by atoms with Gasteiger partial charge in [0.05, 0.1) is 13.2 Å². The molecule has 0 spiro atoms. The summed E-state index contributed by atoms with van der Waals surface area (Å²) < 4.78 is 19.7. The molecule has 0 aromatic rings. The Hall–Kier alpha value is -0.0600. The molecular formula is C8H18O5P. The second kappa shape index (κ2) is 8.26. The van der Waals surface area contributed by atoms with Crippen LogP contribution in [0.4, 0.5) is 0 Å². The average Bonchev–Trinajstić information content (AvgIpc) is 2.02. The molecule has 0 aromatic carbocycles. The van der Waals surface area contributed by atoms with Crippen molar-refractivity contribution < 1.29 is 23.7 Å². The maximum absolute atomic E-state index is 10.9. The second-order valence-corrected chi connectivity index (χ2v) is 4.47. The zero-order valence-electron chi connectivity index (χ0n) is 9.06. The molecule has 1 radical (unpaired) electrons. The molecule has 0 saturated carbocycles. The van der Waals surface area contributed by atoms with Gasteiger partial charge >= 0.3 is 8.25 Å². The van der Waals surface area contributed by atoms with Crippen molar-refractivity contribution in [1.82, 2.24) is 0 Å². The van der Waals surface area contributed by atoms with Crippen molar-refractivity contribution in [3.05, 3.63) is 0 Å². The van der Waals surface area contributed by atoms with Crippen molar-refractivity contribution in [2.75, 3.05) is 13.2 Å². The number of hydrogen-bond acceptors (Lipinski definition) is 5. The summed E-state index contributed by atoms with van der Waals surface area (Å²) in [7, 11) is -2.34. The quantitative estimate of drug-likeness (QED) is 0.361. The van der Waals surface area contributed by atoms with Gasteiger partial charge in [0.25, 0.3) is 0 Å². The second-order valence-electron chi connectivity index (χ2n) is 3.73. The molecule has 0 aromatic heterocycles. The van der Waals surface area contributed by atoms with Gasteiger partial charge in [0.15, 0.2) is 0 Å².